The minimum Gasteiger partial charge on any atom is -0.354 e. The van der Waals surface area contributed by atoms with Crippen LogP contribution in [0, 0.1) is 0 Å². The van der Waals surface area contributed by atoms with Crippen LogP contribution in [0.3, 0.4) is 0 Å². The van der Waals surface area contributed by atoms with Gasteiger partial charge in [0.2, 0.25) is 5.95 Å². The molecule has 4 N–H and O–H groups in total. The Balaban J connectivity index is 1.82. The van der Waals surface area contributed by atoms with E-state index in [0.717, 1.165) is 34.8 Å². The van der Waals surface area contributed by atoms with Gasteiger partial charge >= 0.3 is 0 Å². The third kappa shape index (κ3) is 3.46. The lowest BCUT2D eigenvalue weighted by molar-refractivity contribution is 0.860. The Morgan fingerprint density at radius 3 is 2.96 bits per heavy atom. The van der Waals surface area contributed by atoms with Crippen LogP contribution in [0.15, 0.2) is 47.3 Å². The summed E-state index contributed by atoms with van der Waals surface area (Å²) in [5, 5.41) is 6.42. The van der Waals surface area contributed by atoms with E-state index in [9.17, 15) is 0 Å². The van der Waals surface area contributed by atoms with Gasteiger partial charge in [-0.1, -0.05) is 40.7 Å². The van der Waals surface area contributed by atoms with Gasteiger partial charge in [-0.3, -0.25) is 0 Å². The molecule has 0 spiro atoms. The Morgan fingerprint density at radius 1 is 1.35 bits per heavy atom. The van der Waals surface area contributed by atoms with Crippen LogP contribution in [-0.4, -0.2) is 23.1 Å². The fourth-order valence-corrected chi connectivity index (χ4v) is 2.78. The molecule has 1 aliphatic rings. The molecule has 0 saturated carbocycles. The van der Waals surface area contributed by atoms with Gasteiger partial charge in [-0.15, -0.1) is 0 Å². The van der Waals surface area contributed by atoms with E-state index < -0.39 is 0 Å². The Hall–Kier alpha value is -2.12. The highest BCUT2D eigenvalue weighted by Gasteiger charge is 2.25. The van der Waals surface area contributed by atoms with Crippen LogP contribution >= 0.6 is 15.9 Å². The van der Waals surface area contributed by atoms with E-state index in [1.54, 1.807) is 6.20 Å². The van der Waals surface area contributed by atoms with Gasteiger partial charge in [-0.25, -0.2) is 4.98 Å². The molecule has 7 heteroatoms. The van der Waals surface area contributed by atoms with Crippen LogP contribution in [-0.2, 0) is 6.54 Å². The second kappa shape index (κ2) is 6.97. The van der Waals surface area contributed by atoms with Gasteiger partial charge in [0, 0.05) is 11.0 Å². The highest BCUT2D eigenvalue weighted by molar-refractivity contribution is 9.10. The number of fused-ring (bicyclic) bond motifs is 1. The summed E-state index contributed by atoms with van der Waals surface area (Å²) >= 11 is 3.59. The lowest BCUT2D eigenvalue weighted by Gasteiger charge is -2.19. The van der Waals surface area contributed by atoms with Gasteiger partial charge in [0.05, 0.1) is 12.7 Å². The lowest BCUT2D eigenvalue weighted by Crippen LogP contribution is -2.20. The molecule has 2 aromatic rings. The van der Waals surface area contributed by atoms with Crippen molar-refractivity contribution in [1.29, 1.82) is 0 Å². The average molecular weight is 375 g/mol. The Labute approximate surface area is 143 Å². The molecule has 0 bridgehead atoms. The predicted octanol–water partition coefficient (Wildman–Crippen LogP) is 2.90. The second-order valence-electron chi connectivity index (χ2n) is 5.25. The maximum atomic E-state index is 5.51. The molecule has 0 radical (unpaired) electrons. The number of hydrogen-bond donors (Lipinski definition) is 3. The zero-order valence-electron chi connectivity index (χ0n) is 12.7. The fraction of sp³-hybridized carbons (Fsp3) is 0.250. The molecular weight excluding hydrogens is 356 g/mol. The molecule has 0 saturated heterocycles. The number of nitrogens with two attached hydrogens (primary N) is 1. The van der Waals surface area contributed by atoms with Crippen LogP contribution in [0.25, 0.3) is 0 Å². The number of aromatic nitrogens is 2. The summed E-state index contributed by atoms with van der Waals surface area (Å²) in [7, 11) is 0. The lowest BCUT2D eigenvalue weighted by atomic mass is 10.2. The normalized spacial score (nSPS) is 13.0. The van der Waals surface area contributed by atoms with Crippen LogP contribution in [0.4, 0.5) is 17.5 Å². The van der Waals surface area contributed by atoms with Gasteiger partial charge < -0.3 is 21.3 Å². The summed E-state index contributed by atoms with van der Waals surface area (Å²) in [5.74, 6) is 2.23. The SMILES string of the molecule is C=C1Nc2cnc(NCCCN)nc2N1Cc1ccccc1Br. The minimum atomic E-state index is 0.603. The molecule has 0 aliphatic carbocycles. The molecule has 1 aliphatic heterocycles. The third-order valence-electron chi connectivity index (χ3n) is 3.58. The molecule has 2 heterocycles. The molecule has 3 rings (SSSR count). The first-order valence-corrected chi connectivity index (χ1v) is 8.26. The maximum Gasteiger partial charge on any atom is 0.224 e. The highest BCUT2D eigenvalue weighted by atomic mass is 79.9. The quantitative estimate of drug-likeness (QED) is 0.674. The molecule has 0 fully saturated rings. The molecule has 120 valence electrons. The van der Waals surface area contributed by atoms with Crippen molar-refractivity contribution in [1.82, 2.24) is 9.97 Å². The summed E-state index contributed by atoms with van der Waals surface area (Å²) in [6, 6.07) is 8.13. The van der Waals surface area contributed by atoms with E-state index in [2.05, 4.69) is 49.2 Å². The molecule has 0 amide bonds. The summed E-state index contributed by atoms with van der Waals surface area (Å²) in [4.78, 5) is 11.0. The summed E-state index contributed by atoms with van der Waals surface area (Å²) in [5.41, 5.74) is 7.54. The topological polar surface area (TPSA) is 79.1 Å². The number of rotatable bonds is 6. The predicted molar refractivity (Wildman–Crippen MR) is 97.3 cm³/mol. The average Bonchev–Trinajstić information content (AvgIpc) is 2.85. The van der Waals surface area contributed by atoms with Crippen molar-refractivity contribution in [2.24, 2.45) is 5.73 Å². The van der Waals surface area contributed by atoms with Crippen LogP contribution in [0.5, 0.6) is 0 Å². The Bertz CT molecular complexity index is 717. The molecule has 1 aromatic heterocycles. The van der Waals surface area contributed by atoms with Crippen molar-refractivity contribution < 1.29 is 0 Å². The highest BCUT2D eigenvalue weighted by Crippen LogP contribution is 2.35. The standard InChI is InChI=1S/C16H19BrN6/c1-11-21-14-9-20-16(19-8-4-7-18)22-15(14)23(11)10-12-5-2-3-6-13(12)17/h2-3,5-6,9,21H,1,4,7-8,10,18H2,(H,19,20,22). The monoisotopic (exact) mass is 374 g/mol. The van der Waals surface area contributed by atoms with E-state index >= 15 is 0 Å². The molecule has 6 nitrogen and oxygen atoms in total. The van der Waals surface area contributed by atoms with Crippen molar-refractivity contribution in [3.05, 3.63) is 52.9 Å². The smallest absolute Gasteiger partial charge is 0.224 e. The first-order chi connectivity index (χ1) is 11.2. The number of nitrogens with one attached hydrogen (secondary N) is 2. The van der Waals surface area contributed by atoms with Crippen molar-refractivity contribution in [2.75, 3.05) is 28.6 Å². The zero-order chi connectivity index (χ0) is 16.2. The molecule has 0 unspecified atom stereocenters. The number of anilines is 3. The molecule has 1 aromatic carbocycles. The summed E-state index contributed by atoms with van der Waals surface area (Å²) < 4.78 is 1.07. The van der Waals surface area contributed by atoms with Crippen LogP contribution in [0.1, 0.15) is 12.0 Å². The van der Waals surface area contributed by atoms with Gasteiger partial charge in [0.15, 0.2) is 5.82 Å². The minimum absolute atomic E-state index is 0.603. The van der Waals surface area contributed by atoms with Crippen molar-refractivity contribution in [3.8, 4) is 0 Å². The maximum absolute atomic E-state index is 5.51. The molecule has 23 heavy (non-hydrogen) atoms. The fourth-order valence-electron chi connectivity index (χ4n) is 2.37. The van der Waals surface area contributed by atoms with E-state index in [0.29, 0.717) is 19.0 Å². The summed E-state index contributed by atoms with van der Waals surface area (Å²) in [6.07, 6.45) is 2.66. The first kappa shape index (κ1) is 15.8. The third-order valence-corrected chi connectivity index (χ3v) is 4.35. The molecule has 0 atom stereocenters. The van der Waals surface area contributed by atoms with Gasteiger partial charge in [-0.2, -0.15) is 4.98 Å². The van der Waals surface area contributed by atoms with Gasteiger partial charge in [0.1, 0.15) is 11.5 Å². The number of hydrogen-bond acceptors (Lipinski definition) is 6. The van der Waals surface area contributed by atoms with E-state index in [-0.39, 0.29) is 0 Å². The first-order valence-electron chi connectivity index (χ1n) is 7.47. The van der Waals surface area contributed by atoms with Crippen molar-refractivity contribution in [2.45, 2.75) is 13.0 Å². The van der Waals surface area contributed by atoms with Gasteiger partial charge in [0.25, 0.3) is 0 Å². The number of benzene rings is 1. The van der Waals surface area contributed by atoms with E-state index in [1.807, 2.05) is 23.1 Å². The van der Waals surface area contributed by atoms with Crippen molar-refractivity contribution >= 4 is 33.4 Å². The second-order valence-corrected chi connectivity index (χ2v) is 6.10. The van der Waals surface area contributed by atoms with Gasteiger partial charge in [-0.05, 0) is 24.6 Å². The van der Waals surface area contributed by atoms with Crippen LogP contribution in [0.2, 0.25) is 0 Å². The summed E-state index contributed by atoms with van der Waals surface area (Å²) in [6.45, 7) is 6.16. The van der Waals surface area contributed by atoms with Crippen LogP contribution < -0.4 is 21.3 Å². The van der Waals surface area contributed by atoms with E-state index in [1.165, 1.54) is 5.56 Å². The van der Waals surface area contributed by atoms with Crippen molar-refractivity contribution in [3.63, 3.8) is 0 Å². The molecular formula is C16H19BrN6. The van der Waals surface area contributed by atoms with E-state index in [4.69, 9.17) is 5.73 Å². The number of halogens is 1. The Kier molecular flexibility index (Phi) is 4.78. The largest absolute Gasteiger partial charge is 0.354 e. The number of nitrogens with zero attached hydrogens (tertiary/aromatic N) is 3. The zero-order valence-corrected chi connectivity index (χ0v) is 14.3. The Morgan fingerprint density at radius 2 is 2.17 bits per heavy atom.